The van der Waals surface area contributed by atoms with Gasteiger partial charge in [-0.05, 0) is 31.2 Å². The van der Waals surface area contributed by atoms with Gasteiger partial charge in [-0.15, -0.1) is 0 Å². The van der Waals surface area contributed by atoms with Crippen molar-refractivity contribution >= 4 is 11.6 Å². The fourth-order valence-electron chi connectivity index (χ4n) is 1.61. The second-order valence-electron chi connectivity index (χ2n) is 3.89. The van der Waals surface area contributed by atoms with Crippen LogP contribution in [0.3, 0.4) is 0 Å². The fraction of sp³-hybridized carbons (Fsp3) is 0.500. The van der Waals surface area contributed by atoms with Gasteiger partial charge in [-0.2, -0.15) is 0 Å². The molecule has 1 rings (SSSR count). The summed E-state index contributed by atoms with van der Waals surface area (Å²) >= 11 is 5.80. The van der Waals surface area contributed by atoms with Gasteiger partial charge in [0.1, 0.15) is 0 Å². The second-order valence-corrected chi connectivity index (χ2v) is 4.33. The quantitative estimate of drug-likeness (QED) is 0.796. The van der Waals surface area contributed by atoms with Crippen LogP contribution in [0.15, 0.2) is 24.3 Å². The minimum Gasteiger partial charge on any atom is -0.396 e. The standard InChI is InChI=1S/C12H18ClNO2/c1-14(12(9-16)6-7-15)8-10-2-4-11(13)5-3-10/h2-5,12,15-16H,6-9H2,1H3. The van der Waals surface area contributed by atoms with Crippen molar-refractivity contribution in [3.05, 3.63) is 34.9 Å². The van der Waals surface area contributed by atoms with Crippen LogP contribution < -0.4 is 0 Å². The maximum absolute atomic E-state index is 9.18. The molecule has 0 aliphatic rings. The minimum absolute atomic E-state index is 0.000628. The lowest BCUT2D eigenvalue weighted by atomic mass is 10.1. The summed E-state index contributed by atoms with van der Waals surface area (Å²) in [6.07, 6.45) is 0.584. The summed E-state index contributed by atoms with van der Waals surface area (Å²) in [5.41, 5.74) is 1.14. The highest BCUT2D eigenvalue weighted by molar-refractivity contribution is 6.30. The van der Waals surface area contributed by atoms with Crippen LogP contribution in [0.1, 0.15) is 12.0 Å². The van der Waals surface area contributed by atoms with E-state index >= 15 is 0 Å². The normalized spacial score (nSPS) is 13.1. The van der Waals surface area contributed by atoms with Crippen LogP contribution in [0.2, 0.25) is 5.02 Å². The van der Waals surface area contributed by atoms with Gasteiger partial charge in [-0.3, -0.25) is 4.90 Å². The molecule has 2 N–H and O–H groups in total. The molecule has 0 bridgehead atoms. The smallest absolute Gasteiger partial charge is 0.0587 e. The predicted octanol–water partition coefficient (Wildman–Crippen LogP) is 1.52. The molecular formula is C12H18ClNO2. The van der Waals surface area contributed by atoms with Crippen LogP contribution in [0.4, 0.5) is 0 Å². The summed E-state index contributed by atoms with van der Waals surface area (Å²) in [5.74, 6) is 0. The minimum atomic E-state index is 0.000628. The number of benzene rings is 1. The van der Waals surface area contributed by atoms with Crippen molar-refractivity contribution in [1.29, 1.82) is 0 Å². The predicted molar refractivity (Wildman–Crippen MR) is 65.5 cm³/mol. The fourth-order valence-corrected chi connectivity index (χ4v) is 1.73. The van der Waals surface area contributed by atoms with Gasteiger partial charge in [0.25, 0.3) is 0 Å². The molecule has 0 amide bonds. The molecule has 1 atom stereocenters. The molecule has 16 heavy (non-hydrogen) atoms. The zero-order chi connectivity index (χ0) is 12.0. The molecule has 1 unspecified atom stereocenters. The maximum Gasteiger partial charge on any atom is 0.0587 e. The Bertz CT molecular complexity index is 302. The van der Waals surface area contributed by atoms with Crippen LogP contribution in [0.5, 0.6) is 0 Å². The van der Waals surface area contributed by atoms with Crippen molar-refractivity contribution in [3.63, 3.8) is 0 Å². The number of halogens is 1. The Morgan fingerprint density at radius 2 is 1.88 bits per heavy atom. The van der Waals surface area contributed by atoms with E-state index in [1.54, 1.807) is 0 Å². The lowest BCUT2D eigenvalue weighted by molar-refractivity contribution is 0.115. The van der Waals surface area contributed by atoms with E-state index in [4.69, 9.17) is 16.7 Å². The number of hydrogen-bond acceptors (Lipinski definition) is 3. The third kappa shape index (κ3) is 4.10. The van der Waals surface area contributed by atoms with Crippen molar-refractivity contribution in [3.8, 4) is 0 Å². The SMILES string of the molecule is CN(Cc1ccc(Cl)cc1)C(CO)CCO. The van der Waals surface area contributed by atoms with Crippen molar-refractivity contribution in [2.75, 3.05) is 20.3 Å². The summed E-state index contributed by atoms with van der Waals surface area (Å²) in [5, 5.41) is 18.8. The number of aliphatic hydroxyl groups excluding tert-OH is 2. The summed E-state index contributed by atoms with van der Waals surface area (Å²) in [7, 11) is 1.94. The number of hydrogen-bond donors (Lipinski definition) is 2. The lowest BCUT2D eigenvalue weighted by Crippen LogP contribution is -2.35. The molecule has 1 aromatic rings. The molecule has 0 saturated carbocycles. The van der Waals surface area contributed by atoms with E-state index in [1.165, 1.54) is 0 Å². The van der Waals surface area contributed by atoms with Crippen LogP contribution in [0, 0.1) is 0 Å². The van der Waals surface area contributed by atoms with Gasteiger partial charge in [-0.1, -0.05) is 23.7 Å². The van der Waals surface area contributed by atoms with Gasteiger partial charge in [0.05, 0.1) is 6.61 Å². The first-order valence-electron chi connectivity index (χ1n) is 5.33. The maximum atomic E-state index is 9.18. The Morgan fingerprint density at radius 1 is 1.25 bits per heavy atom. The monoisotopic (exact) mass is 243 g/mol. The first kappa shape index (κ1) is 13.5. The Balaban J connectivity index is 2.55. The zero-order valence-corrected chi connectivity index (χ0v) is 10.2. The molecule has 0 fully saturated rings. The zero-order valence-electron chi connectivity index (χ0n) is 9.43. The van der Waals surface area contributed by atoms with Gasteiger partial charge >= 0.3 is 0 Å². The van der Waals surface area contributed by atoms with Gasteiger partial charge in [0.15, 0.2) is 0 Å². The highest BCUT2D eigenvalue weighted by Crippen LogP contribution is 2.12. The summed E-state index contributed by atoms with van der Waals surface area (Å²) in [4.78, 5) is 2.03. The van der Waals surface area contributed by atoms with Crippen LogP contribution in [0.25, 0.3) is 0 Å². The van der Waals surface area contributed by atoms with Crippen molar-refractivity contribution in [2.24, 2.45) is 0 Å². The van der Waals surface area contributed by atoms with Crippen molar-refractivity contribution < 1.29 is 10.2 Å². The third-order valence-corrected chi connectivity index (χ3v) is 2.89. The molecule has 0 radical (unpaired) electrons. The Labute approximate surface area is 101 Å². The Morgan fingerprint density at radius 3 is 2.38 bits per heavy atom. The third-order valence-electron chi connectivity index (χ3n) is 2.64. The van der Waals surface area contributed by atoms with E-state index in [0.29, 0.717) is 6.42 Å². The highest BCUT2D eigenvalue weighted by Gasteiger charge is 2.13. The Kier molecular flexibility index (Phi) is 5.77. The van der Waals surface area contributed by atoms with E-state index in [1.807, 2.05) is 36.2 Å². The molecule has 0 heterocycles. The molecule has 0 spiro atoms. The largest absolute Gasteiger partial charge is 0.396 e. The Hall–Kier alpha value is -0.610. The van der Waals surface area contributed by atoms with Crippen LogP contribution in [-0.2, 0) is 6.54 Å². The molecule has 0 aromatic heterocycles. The molecule has 1 aromatic carbocycles. The van der Waals surface area contributed by atoms with E-state index in [-0.39, 0.29) is 19.3 Å². The average molecular weight is 244 g/mol. The van der Waals surface area contributed by atoms with Gasteiger partial charge in [0.2, 0.25) is 0 Å². The van der Waals surface area contributed by atoms with Crippen LogP contribution >= 0.6 is 11.6 Å². The molecular weight excluding hydrogens is 226 g/mol. The molecule has 0 aliphatic carbocycles. The van der Waals surface area contributed by atoms with Crippen LogP contribution in [-0.4, -0.2) is 41.4 Å². The van der Waals surface area contributed by atoms with Crippen molar-refractivity contribution in [2.45, 2.75) is 19.0 Å². The van der Waals surface area contributed by atoms with E-state index < -0.39 is 0 Å². The molecule has 3 nitrogen and oxygen atoms in total. The first-order chi connectivity index (χ1) is 7.67. The number of likely N-dealkylation sites (N-methyl/N-ethyl adjacent to an activating group) is 1. The first-order valence-corrected chi connectivity index (χ1v) is 5.71. The van der Waals surface area contributed by atoms with Gasteiger partial charge in [0, 0.05) is 24.2 Å². The van der Waals surface area contributed by atoms with Gasteiger partial charge < -0.3 is 10.2 Å². The van der Waals surface area contributed by atoms with E-state index in [2.05, 4.69) is 0 Å². The second kappa shape index (κ2) is 6.86. The topological polar surface area (TPSA) is 43.7 Å². The number of nitrogens with zero attached hydrogens (tertiary/aromatic N) is 1. The van der Waals surface area contributed by atoms with Gasteiger partial charge in [-0.25, -0.2) is 0 Å². The van der Waals surface area contributed by atoms with E-state index in [9.17, 15) is 5.11 Å². The van der Waals surface area contributed by atoms with Crippen molar-refractivity contribution in [1.82, 2.24) is 4.90 Å². The summed E-state index contributed by atoms with van der Waals surface area (Å²) in [6.45, 7) is 0.892. The number of rotatable bonds is 6. The lowest BCUT2D eigenvalue weighted by Gasteiger charge is -2.25. The highest BCUT2D eigenvalue weighted by atomic mass is 35.5. The molecule has 0 aliphatic heterocycles. The molecule has 4 heteroatoms. The summed E-state index contributed by atoms with van der Waals surface area (Å²) < 4.78 is 0. The summed E-state index contributed by atoms with van der Waals surface area (Å²) in [6, 6.07) is 7.63. The molecule has 0 saturated heterocycles. The average Bonchev–Trinajstić information content (AvgIpc) is 2.29. The van der Waals surface area contributed by atoms with E-state index in [0.717, 1.165) is 17.1 Å². The number of aliphatic hydroxyl groups is 2. The molecule has 90 valence electrons.